The average Bonchev–Trinajstić information content (AvgIpc) is 1.68. The maximum atomic E-state index is 9.64. The van der Waals surface area contributed by atoms with Crippen LogP contribution in [-0.4, -0.2) is 6.85 Å². The first-order valence-electron chi connectivity index (χ1n) is 2.63. The van der Waals surface area contributed by atoms with Crippen LogP contribution in [-0.2, 0) is 0 Å². The largest absolute Gasteiger partial charge is 0.334 e. The highest BCUT2D eigenvalue weighted by atomic mass is 16.2. The van der Waals surface area contributed by atoms with Gasteiger partial charge in [-0.1, -0.05) is 20.2 Å². The highest BCUT2D eigenvalue weighted by molar-refractivity contribution is 6.55. The van der Waals surface area contributed by atoms with Gasteiger partial charge in [0.2, 0.25) is 0 Å². The molecule has 0 aliphatic carbocycles. The van der Waals surface area contributed by atoms with Crippen LogP contribution in [0.1, 0.15) is 13.3 Å². The van der Waals surface area contributed by atoms with Crippen molar-refractivity contribution in [1.29, 1.82) is 0 Å². The molecular weight excluding hydrogens is 88.9 g/mol. The Balaban J connectivity index is 2.98. The summed E-state index contributed by atoms with van der Waals surface area (Å²) in [5.41, 5.74) is 0. The summed E-state index contributed by atoms with van der Waals surface area (Å²) in [6, 6.07) is 0. The molecule has 0 N–H and O–H groups in total. The molecule has 0 fully saturated rings. The van der Waals surface area contributed by atoms with Crippen LogP contribution in [0.5, 0.6) is 0 Å². The van der Waals surface area contributed by atoms with Gasteiger partial charge in [0, 0.05) is 0 Å². The summed E-state index contributed by atoms with van der Waals surface area (Å²) in [5.74, 6) is 0. The van der Waals surface area contributed by atoms with Crippen molar-refractivity contribution in [2.75, 3.05) is 0 Å². The third-order valence-electron chi connectivity index (χ3n) is 0.886. The zero-order valence-corrected chi connectivity index (χ0v) is 4.85. The lowest BCUT2D eigenvalue weighted by molar-refractivity contribution is 1.06. The Morgan fingerprint density at radius 3 is 2.43 bits per heavy atom. The molecule has 0 aliphatic heterocycles. The number of nitrogens with zero attached hydrogens (tertiary/aromatic N) is 1. The van der Waals surface area contributed by atoms with Gasteiger partial charge in [-0.2, -0.15) is 4.91 Å². The van der Waals surface area contributed by atoms with E-state index in [-0.39, 0.29) is 6.85 Å². The Morgan fingerprint density at radius 1 is 1.71 bits per heavy atom. The Labute approximate surface area is 44.4 Å². The van der Waals surface area contributed by atoms with Gasteiger partial charge in [-0.3, -0.25) is 0 Å². The van der Waals surface area contributed by atoms with Gasteiger partial charge in [0.25, 0.3) is 0 Å². The Hall–Kier alpha value is -0.335. The lowest BCUT2D eigenvalue weighted by Gasteiger charge is -1.88. The molecule has 0 saturated carbocycles. The monoisotopic (exact) mass is 99.1 g/mol. The molecule has 3 heteroatoms. The molecule has 0 heterocycles. The Morgan fingerprint density at radius 2 is 2.29 bits per heavy atom. The second kappa shape index (κ2) is 3.84. The molecule has 0 spiro atoms. The van der Waals surface area contributed by atoms with E-state index in [1.807, 2.05) is 13.7 Å². The first-order valence-corrected chi connectivity index (χ1v) is 2.63. The second-order valence-corrected chi connectivity index (χ2v) is 1.74. The fourth-order valence-electron chi connectivity index (χ4n) is 0.470. The minimum Gasteiger partial charge on any atom is -0.168 e. The van der Waals surface area contributed by atoms with Crippen molar-refractivity contribution < 1.29 is 0 Å². The zero-order chi connectivity index (χ0) is 5.70. The van der Waals surface area contributed by atoms with E-state index in [1.165, 1.54) is 0 Å². The van der Waals surface area contributed by atoms with Crippen molar-refractivity contribution in [3.05, 3.63) is 4.91 Å². The molecule has 0 aliphatic rings. The van der Waals surface area contributed by atoms with E-state index in [4.69, 9.17) is 0 Å². The molecular formula is C4H10BNO. The van der Waals surface area contributed by atoms with E-state index in [1.54, 1.807) is 0 Å². The van der Waals surface area contributed by atoms with E-state index in [0.29, 0.717) is 0 Å². The van der Waals surface area contributed by atoms with Crippen LogP contribution in [0.25, 0.3) is 0 Å². The molecule has 0 aromatic heterocycles. The summed E-state index contributed by atoms with van der Waals surface area (Å²) in [5, 5.41) is 2.83. The van der Waals surface area contributed by atoms with Crippen molar-refractivity contribution in [2.24, 2.45) is 5.09 Å². The maximum absolute atomic E-state index is 9.64. The number of hydrogen-bond donors (Lipinski definition) is 0. The van der Waals surface area contributed by atoms with Crippen LogP contribution in [0.4, 0.5) is 0 Å². The quantitative estimate of drug-likeness (QED) is 0.391. The lowest BCUT2D eigenvalue weighted by Crippen LogP contribution is -1.98. The van der Waals surface area contributed by atoms with Gasteiger partial charge >= 0.3 is 6.85 Å². The van der Waals surface area contributed by atoms with E-state index in [0.717, 1.165) is 12.7 Å². The normalized spacial score (nSPS) is 8.29. The maximum Gasteiger partial charge on any atom is 0.334 e. The third kappa shape index (κ3) is 3.50. The van der Waals surface area contributed by atoms with Crippen molar-refractivity contribution in [3.63, 3.8) is 0 Å². The summed E-state index contributed by atoms with van der Waals surface area (Å²) in [4.78, 5) is 9.64. The highest BCUT2D eigenvalue weighted by Crippen LogP contribution is 1.95. The van der Waals surface area contributed by atoms with E-state index in [2.05, 4.69) is 5.09 Å². The first kappa shape index (κ1) is 6.66. The average molecular weight is 98.9 g/mol. The summed E-state index contributed by atoms with van der Waals surface area (Å²) >= 11 is 0. The van der Waals surface area contributed by atoms with Crippen LogP contribution < -0.4 is 0 Å². The predicted molar refractivity (Wildman–Crippen MR) is 32.5 cm³/mol. The topological polar surface area (TPSA) is 29.4 Å². The molecule has 0 rings (SSSR count). The Bertz CT molecular complexity index is 57.7. The smallest absolute Gasteiger partial charge is 0.168 e. The molecule has 0 aromatic rings. The molecule has 0 saturated heterocycles. The van der Waals surface area contributed by atoms with E-state index < -0.39 is 0 Å². The van der Waals surface area contributed by atoms with E-state index in [9.17, 15) is 4.91 Å². The summed E-state index contributed by atoms with van der Waals surface area (Å²) < 4.78 is 0. The molecule has 2 nitrogen and oxygen atoms in total. The van der Waals surface area contributed by atoms with Gasteiger partial charge in [0.1, 0.15) is 0 Å². The van der Waals surface area contributed by atoms with Crippen LogP contribution in [0.15, 0.2) is 5.09 Å². The number of nitroso groups, excluding NO2 is 1. The van der Waals surface area contributed by atoms with Crippen LogP contribution in [0.3, 0.4) is 0 Å². The zero-order valence-electron chi connectivity index (χ0n) is 4.85. The predicted octanol–water partition coefficient (Wildman–Crippen LogP) is 1.78. The highest BCUT2D eigenvalue weighted by Gasteiger charge is 2.02. The van der Waals surface area contributed by atoms with Crippen LogP contribution in [0.2, 0.25) is 13.1 Å². The molecule has 0 unspecified atom stereocenters. The molecule has 0 amide bonds. The van der Waals surface area contributed by atoms with Gasteiger partial charge in [-0.05, 0) is 6.32 Å². The molecule has 7 heavy (non-hydrogen) atoms. The van der Waals surface area contributed by atoms with E-state index >= 15 is 0 Å². The van der Waals surface area contributed by atoms with Gasteiger partial charge in [0.05, 0.1) is 0 Å². The molecule has 0 aromatic carbocycles. The van der Waals surface area contributed by atoms with Gasteiger partial charge < -0.3 is 0 Å². The van der Waals surface area contributed by atoms with Crippen LogP contribution >= 0.6 is 0 Å². The molecule has 40 valence electrons. The van der Waals surface area contributed by atoms with Gasteiger partial charge in [-0.25, -0.2) is 0 Å². The minimum absolute atomic E-state index is 0.0185. The van der Waals surface area contributed by atoms with Crippen molar-refractivity contribution in [2.45, 2.75) is 26.5 Å². The fraction of sp³-hybridized carbons (Fsp3) is 1.00. The fourth-order valence-corrected chi connectivity index (χ4v) is 0.470. The van der Waals surface area contributed by atoms with Gasteiger partial charge in [0.15, 0.2) is 0 Å². The molecule has 0 radical (unpaired) electrons. The van der Waals surface area contributed by atoms with Crippen molar-refractivity contribution in [3.8, 4) is 0 Å². The third-order valence-corrected chi connectivity index (χ3v) is 0.886. The second-order valence-electron chi connectivity index (χ2n) is 1.74. The number of rotatable bonds is 3. The van der Waals surface area contributed by atoms with Crippen molar-refractivity contribution in [1.82, 2.24) is 0 Å². The van der Waals surface area contributed by atoms with Crippen molar-refractivity contribution >= 4 is 6.85 Å². The number of hydrogen-bond acceptors (Lipinski definition) is 2. The summed E-state index contributed by atoms with van der Waals surface area (Å²) in [6.45, 7) is 3.89. The molecule has 0 atom stereocenters. The summed E-state index contributed by atoms with van der Waals surface area (Å²) in [7, 11) is 0. The molecule has 0 bridgehead atoms. The Kier molecular flexibility index (Phi) is 3.66. The minimum atomic E-state index is 0.0185. The van der Waals surface area contributed by atoms with Gasteiger partial charge in [-0.15, -0.1) is 5.09 Å². The standard InChI is InChI=1S/C4H10BNO/c1-3-4-5(2)6-7/h3-4H2,1-2H3. The van der Waals surface area contributed by atoms with Crippen LogP contribution in [0, 0.1) is 4.91 Å². The SMILES string of the molecule is CCCB(C)N=O. The lowest BCUT2D eigenvalue weighted by atomic mass is 9.63. The first-order chi connectivity index (χ1) is 3.31. The summed E-state index contributed by atoms with van der Waals surface area (Å²) in [6.07, 6.45) is 1.97.